The summed E-state index contributed by atoms with van der Waals surface area (Å²) in [6, 6.07) is -0.692. The number of rotatable bonds is 1. The molecule has 0 amide bonds. The van der Waals surface area contributed by atoms with Gasteiger partial charge >= 0.3 is 0 Å². The fourth-order valence-electron chi connectivity index (χ4n) is 2.35. The highest BCUT2D eigenvalue weighted by Crippen LogP contribution is 2.57. The zero-order valence-electron chi connectivity index (χ0n) is 8.01. The molecule has 1 aliphatic heterocycles. The van der Waals surface area contributed by atoms with E-state index >= 15 is 0 Å². The molecule has 6 heteroatoms. The Bertz CT molecular complexity index is 318. The molecule has 1 fully saturated rings. The largest absolute Gasteiger partial charge is 0.386 e. The third kappa shape index (κ3) is 0.899. The number of thioether (sulfide) groups is 1. The van der Waals surface area contributed by atoms with Crippen LogP contribution < -0.4 is 0 Å². The van der Waals surface area contributed by atoms with Crippen LogP contribution in [-0.2, 0) is 0 Å². The number of aliphatic hydroxyl groups is 1. The summed E-state index contributed by atoms with van der Waals surface area (Å²) < 4.78 is 0. The Kier molecular flexibility index (Phi) is 1.84. The Labute approximate surface area is 85.9 Å². The summed E-state index contributed by atoms with van der Waals surface area (Å²) in [5.41, 5.74) is -0.992. The molecule has 78 valence electrons. The first-order chi connectivity index (χ1) is 6.42. The van der Waals surface area contributed by atoms with Gasteiger partial charge in [-0.15, -0.1) is 0 Å². The predicted molar refractivity (Wildman–Crippen MR) is 53.2 cm³/mol. The molecular formula is C8H12N2O3S. The minimum Gasteiger partial charge on any atom is -0.386 e. The number of hydrogen-bond donors (Lipinski definition) is 1. The van der Waals surface area contributed by atoms with Crippen molar-refractivity contribution in [3.8, 4) is 0 Å². The van der Waals surface area contributed by atoms with Gasteiger partial charge in [-0.05, 0) is 12.3 Å². The highest BCUT2D eigenvalue weighted by molar-refractivity contribution is 8.03. The van der Waals surface area contributed by atoms with E-state index in [9.17, 15) is 15.2 Å². The summed E-state index contributed by atoms with van der Waals surface area (Å²) in [5.74, 6) is 0. The number of likely N-dealkylation sites (N-methyl/N-ethyl adjacent to an activating group) is 1. The van der Waals surface area contributed by atoms with Gasteiger partial charge in [0.05, 0.1) is 6.42 Å². The van der Waals surface area contributed by atoms with E-state index in [4.69, 9.17) is 0 Å². The molecule has 0 saturated heterocycles. The van der Waals surface area contributed by atoms with Gasteiger partial charge in [0.2, 0.25) is 0 Å². The Hall–Kier alpha value is -0.750. The van der Waals surface area contributed by atoms with Gasteiger partial charge in [-0.1, -0.05) is 11.8 Å². The average molecular weight is 216 g/mol. The van der Waals surface area contributed by atoms with Crippen molar-refractivity contribution in [2.24, 2.45) is 0 Å². The third-order valence-corrected chi connectivity index (χ3v) is 4.74. The summed E-state index contributed by atoms with van der Waals surface area (Å²) in [6.45, 7) is 1.66. The second-order valence-electron chi connectivity index (χ2n) is 3.99. The molecule has 2 rings (SSSR count). The second kappa shape index (κ2) is 2.64. The average Bonchev–Trinajstić information content (AvgIpc) is 2.45. The molecule has 1 saturated carbocycles. The van der Waals surface area contributed by atoms with Gasteiger partial charge in [0.1, 0.15) is 5.60 Å². The lowest BCUT2D eigenvalue weighted by Gasteiger charge is -2.55. The van der Waals surface area contributed by atoms with Crippen molar-refractivity contribution in [1.29, 1.82) is 0 Å². The lowest BCUT2D eigenvalue weighted by atomic mass is 9.70. The molecular weight excluding hydrogens is 204 g/mol. The Morgan fingerprint density at radius 3 is 2.79 bits per heavy atom. The summed E-state index contributed by atoms with van der Waals surface area (Å²) in [4.78, 5) is 11.5. The third-order valence-electron chi connectivity index (χ3n) is 3.12. The van der Waals surface area contributed by atoms with Crippen molar-refractivity contribution in [2.45, 2.75) is 29.9 Å². The maximum atomic E-state index is 10.8. The van der Waals surface area contributed by atoms with E-state index in [1.165, 1.54) is 11.8 Å². The minimum absolute atomic E-state index is 0.221. The molecule has 0 radical (unpaired) electrons. The molecule has 0 aromatic carbocycles. The van der Waals surface area contributed by atoms with Crippen LogP contribution in [0.25, 0.3) is 0 Å². The highest BCUT2D eigenvalue weighted by Gasteiger charge is 2.72. The second-order valence-corrected chi connectivity index (χ2v) is 5.12. The maximum Gasteiger partial charge on any atom is 0.251 e. The van der Waals surface area contributed by atoms with Crippen molar-refractivity contribution < 1.29 is 10.0 Å². The maximum absolute atomic E-state index is 10.8. The van der Waals surface area contributed by atoms with Crippen LogP contribution in [0.3, 0.4) is 0 Å². The van der Waals surface area contributed by atoms with E-state index in [1.54, 1.807) is 30.5 Å². The van der Waals surface area contributed by atoms with Crippen LogP contribution in [0.5, 0.6) is 0 Å². The van der Waals surface area contributed by atoms with E-state index in [0.717, 1.165) is 0 Å². The van der Waals surface area contributed by atoms with Crippen molar-refractivity contribution in [1.82, 2.24) is 4.90 Å². The molecule has 5 nitrogen and oxygen atoms in total. The van der Waals surface area contributed by atoms with Crippen LogP contribution in [0.15, 0.2) is 11.6 Å². The van der Waals surface area contributed by atoms with E-state index in [0.29, 0.717) is 0 Å². The molecule has 3 atom stereocenters. The van der Waals surface area contributed by atoms with Crippen LogP contribution in [0.1, 0.15) is 13.3 Å². The quantitative estimate of drug-likeness (QED) is 0.514. The number of nitrogens with zero attached hydrogens (tertiary/aromatic N) is 2. The van der Waals surface area contributed by atoms with Gasteiger partial charge in [-0.2, -0.15) is 0 Å². The lowest BCUT2D eigenvalue weighted by molar-refractivity contribution is -0.562. The van der Waals surface area contributed by atoms with Crippen LogP contribution in [0, 0.1) is 10.1 Å². The summed E-state index contributed by atoms with van der Waals surface area (Å²) in [7, 11) is 1.76. The van der Waals surface area contributed by atoms with Crippen molar-refractivity contribution in [2.75, 3.05) is 7.05 Å². The van der Waals surface area contributed by atoms with E-state index < -0.39 is 16.5 Å². The minimum atomic E-state index is -0.992. The molecule has 1 aliphatic carbocycles. The monoisotopic (exact) mass is 216 g/mol. The highest BCUT2D eigenvalue weighted by atomic mass is 32.2. The van der Waals surface area contributed by atoms with Crippen molar-refractivity contribution >= 4 is 11.8 Å². The lowest BCUT2D eigenvalue weighted by Crippen LogP contribution is -2.75. The Balaban J connectivity index is 2.34. The first kappa shape index (κ1) is 9.79. The fraction of sp³-hybridized carbons (Fsp3) is 0.750. The standard InChI is InChI=1S/C8H12N2O3S/c1-7(11)5-6(10(12)13)8(7)9(2)3-4-14-8/h3-4,6,11H,5H2,1-2H3. The van der Waals surface area contributed by atoms with Crippen LogP contribution >= 0.6 is 11.8 Å². The molecule has 0 aromatic rings. The predicted octanol–water partition coefficient (Wildman–Crippen LogP) is 0.633. The summed E-state index contributed by atoms with van der Waals surface area (Å²) in [5, 5.41) is 22.6. The van der Waals surface area contributed by atoms with Crippen LogP contribution in [0.4, 0.5) is 0 Å². The van der Waals surface area contributed by atoms with Crippen molar-refractivity contribution in [3.05, 3.63) is 21.7 Å². The van der Waals surface area contributed by atoms with Gasteiger partial charge in [0.15, 0.2) is 4.87 Å². The van der Waals surface area contributed by atoms with E-state index in [2.05, 4.69) is 0 Å². The SMILES string of the molecule is CN1C=CSC12C([N+](=O)[O-])CC2(C)O. The molecule has 1 heterocycles. The first-order valence-corrected chi connectivity index (χ1v) is 5.23. The molecule has 3 unspecified atom stereocenters. The van der Waals surface area contributed by atoms with Gasteiger partial charge in [-0.3, -0.25) is 10.1 Å². The van der Waals surface area contributed by atoms with E-state index in [1.807, 2.05) is 0 Å². The normalized spacial score (nSPS) is 45.6. The van der Waals surface area contributed by atoms with Gasteiger partial charge in [0, 0.05) is 18.2 Å². The summed E-state index contributed by atoms with van der Waals surface area (Å²) in [6.07, 6.45) is 1.99. The van der Waals surface area contributed by atoms with Crippen LogP contribution in [-0.4, -0.2) is 38.5 Å². The molecule has 1 N–H and O–H groups in total. The van der Waals surface area contributed by atoms with Gasteiger partial charge in [0.25, 0.3) is 6.04 Å². The van der Waals surface area contributed by atoms with Gasteiger partial charge in [-0.25, -0.2) is 0 Å². The fourth-order valence-corrected chi connectivity index (χ4v) is 3.69. The molecule has 2 aliphatic rings. The zero-order valence-corrected chi connectivity index (χ0v) is 8.82. The topological polar surface area (TPSA) is 66.6 Å². The zero-order chi connectivity index (χ0) is 10.6. The number of nitro groups is 1. The molecule has 0 aromatic heterocycles. The smallest absolute Gasteiger partial charge is 0.251 e. The number of hydrogen-bond acceptors (Lipinski definition) is 5. The van der Waals surface area contributed by atoms with Gasteiger partial charge < -0.3 is 10.0 Å². The van der Waals surface area contributed by atoms with E-state index in [-0.39, 0.29) is 11.3 Å². The first-order valence-electron chi connectivity index (χ1n) is 4.35. The van der Waals surface area contributed by atoms with Crippen molar-refractivity contribution in [3.63, 3.8) is 0 Å². The Morgan fingerprint density at radius 2 is 2.43 bits per heavy atom. The molecule has 14 heavy (non-hydrogen) atoms. The molecule has 1 spiro atoms. The summed E-state index contributed by atoms with van der Waals surface area (Å²) >= 11 is 1.34. The Morgan fingerprint density at radius 1 is 1.79 bits per heavy atom. The molecule has 0 bridgehead atoms. The van der Waals surface area contributed by atoms with Crippen LogP contribution in [0.2, 0.25) is 0 Å².